The van der Waals surface area contributed by atoms with Crippen LogP contribution in [-0.2, 0) is 14.3 Å². The minimum atomic E-state index is -0.690. The number of benzene rings is 1. The third-order valence-electron chi connectivity index (χ3n) is 3.94. The minimum Gasteiger partial charge on any atom is -0.503 e. The zero-order chi connectivity index (χ0) is 17.9. The van der Waals surface area contributed by atoms with Crippen molar-refractivity contribution >= 4 is 11.7 Å². The summed E-state index contributed by atoms with van der Waals surface area (Å²) in [5, 5.41) is 10.1. The predicted octanol–water partition coefficient (Wildman–Crippen LogP) is 1.63. The summed E-state index contributed by atoms with van der Waals surface area (Å²) in [7, 11) is 4.54. The molecule has 0 spiro atoms. The van der Waals surface area contributed by atoms with Crippen molar-refractivity contribution in [2.45, 2.75) is 13.0 Å². The molecule has 0 radical (unpaired) electrons. The van der Waals surface area contributed by atoms with Crippen LogP contribution < -0.4 is 9.47 Å². The van der Waals surface area contributed by atoms with Crippen LogP contribution >= 0.6 is 0 Å². The number of Topliss-reactive ketones (excluding diaryl/α,β-unsaturated/α-hetero) is 1. The van der Waals surface area contributed by atoms with Gasteiger partial charge in [-0.25, -0.2) is 0 Å². The third-order valence-corrected chi connectivity index (χ3v) is 3.94. The molecule has 1 amide bonds. The molecule has 24 heavy (non-hydrogen) atoms. The number of carbonyl (C=O) groups is 2. The van der Waals surface area contributed by atoms with Crippen molar-refractivity contribution in [3.05, 3.63) is 35.1 Å². The number of amides is 1. The van der Waals surface area contributed by atoms with Gasteiger partial charge in [0.2, 0.25) is 0 Å². The standard InChI is InChI=1S/C17H21NO6/c1-10(19)14-15(18(7-8-22-2)17(21)16(14)20)11-5-6-12(23-3)13(9-11)24-4/h5-6,9,15,20H,7-8H2,1-4H3/t15-/m1/s1. The molecule has 0 fully saturated rings. The number of nitrogens with zero attached hydrogens (tertiary/aromatic N) is 1. The summed E-state index contributed by atoms with van der Waals surface area (Å²) >= 11 is 0. The van der Waals surface area contributed by atoms with E-state index in [9.17, 15) is 14.7 Å². The molecule has 2 rings (SSSR count). The van der Waals surface area contributed by atoms with E-state index in [0.29, 0.717) is 17.1 Å². The van der Waals surface area contributed by atoms with Gasteiger partial charge in [0.05, 0.1) is 32.4 Å². The maximum atomic E-state index is 12.3. The molecule has 0 unspecified atom stereocenters. The average Bonchev–Trinajstić information content (AvgIpc) is 2.83. The zero-order valence-corrected chi connectivity index (χ0v) is 14.2. The number of hydrogen-bond acceptors (Lipinski definition) is 6. The van der Waals surface area contributed by atoms with E-state index in [2.05, 4.69) is 0 Å². The van der Waals surface area contributed by atoms with Gasteiger partial charge in [0.15, 0.2) is 23.0 Å². The fraction of sp³-hybridized carbons (Fsp3) is 0.412. The third kappa shape index (κ3) is 3.07. The Morgan fingerprint density at radius 2 is 1.88 bits per heavy atom. The van der Waals surface area contributed by atoms with Gasteiger partial charge in [-0.05, 0) is 24.6 Å². The lowest BCUT2D eigenvalue weighted by Gasteiger charge is -2.26. The Hall–Kier alpha value is -2.54. The molecule has 130 valence electrons. The lowest BCUT2D eigenvalue weighted by molar-refractivity contribution is -0.130. The summed E-state index contributed by atoms with van der Waals surface area (Å²) in [5.41, 5.74) is 0.717. The average molecular weight is 335 g/mol. The summed E-state index contributed by atoms with van der Waals surface area (Å²) in [6, 6.07) is 4.43. The van der Waals surface area contributed by atoms with Gasteiger partial charge in [0, 0.05) is 13.7 Å². The van der Waals surface area contributed by atoms with Crippen LogP contribution in [0.15, 0.2) is 29.5 Å². The van der Waals surface area contributed by atoms with Gasteiger partial charge in [-0.2, -0.15) is 0 Å². The smallest absolute Gasteiger partial charge is 0.290 e. The first-order valence-electron chi connectivity index (χ1n) is 7.42. The van der Waals surface area contributed by atoms with Gasteiger partial charge in [0.1, 0.15) is 0 Å². The van der Waals surface area contributed by atoms with Crippen LogP contribution in [0, 0.1) is 0 Å². The number of ether oxygens (including phenoxy) is 3. The normalized spacial score (nSPS) is 17.4. The van der Waals surface area contributed by atoms with Gasteiger partial charge in [-0.1, -0.05) is 6.07 Å². The number of methoxy groups -OCH3 is 3. The first kappa shape index (κ1) is 17.8. The van der Waals surface area contributed by atoms with Crippen molar-refractivity contribution in [3.8, 4) is 11.5 Å². The van der Waals surface area contributed by atoms with Gasteiger partial charge < -0.3 is 24.2 Å². The molecule has 0 aromatic heterocycles. The number of aliphatic hydroxyl groups is 1. The van der Waals surface area contributed by atoms with Gasteiger partial charge >= 0.3 is 0 Å². The monoisotopic (exact) mass is 335 g/mol. The summed E-state index contributed by atoms with van der Waals surface area (Å²) in [6.45, 7) is 1.86. The highest BCUT2D eigenvalue weighted by Crippen LogP contribution is 2.40. The van der Waals surface area contributed by atoms with E-state index in [4.69, 9.17) is 14.2 Å². The van der Waals surface area contributed by atoms with Crippen LogP contribution in [0.1, 0.15) is 18.5 Å². The first-order chi connectivity index (χ1) is 11.5. The van der Waals surface area contributed by atoms with E-state index in [1.54, 1.807) is 18.2 Å². The van der Waals surface area contributed by atoms with Crippen molar-refractivity contribution in [1.29, 1.82) is 0 Å². The van der Waals surface area contributed by atoms with E-state index in [-0.39, 0.29) is 24.5 Å². The second-order valence-electron chi connectivity index (χ2n) is 5.33. The topological polar surface area (TPSA) is 85.3 Å². The molecule has 0 saturated heterocycles. The van der Waals surface area contributed by atoms with Crippen molar-refractivity contribution < 1.29 is 28.9 Å². The Balaban J connectivity index is 2.52. The number of carbonyl (C=O) groups excluding carboxylic acids is 2. The summed E-state index contributed by atoms with van der Waals surface area (Å²) in [5.74, 6) is -0.453. The Bertz CT molecular complexity index is 682. The highest BCUT2D eigenvalue weighted by Gasteiger charge is 2.42. The molecule has 0 aliphatic carbocycles. The zero-order valence-electron chi connectivity index (χ0n) is 14.2. The van der Waals surface area contributed by atoms with Gasteiger partial charge in [0.25, 0.3) is 5.91 Å². The van der Waals surface area contributed by atoms with E-state index >= 15 is 0 Å². The quantitative estimate of drug-likeness (QED) is 0.815. The summed E-state index contributed by atoms with van der Waals surface area (Å²) in [4.78, 5) is 25.8. The van der Waals surface area contributed by atoms with E-state index in [1.165, 1.54) is 33.2 Å². The Labute approximate surface area is 140 Å². The number of hydrogen-bond donors (Lipinski definition) is 1. The highest BCUT2D eigenvalue weighted by atomic mass is 16.5. The van der Waals surface area contributed by atoms with Crippen LogP contribution in [0.3, 0.4) is 0 Å². The number of ketones is 1. The SMILES string of the molecule is COCCN1C(=O)C(O)=C(C(C)=O)[C@H]1c1ccc(OC)c(OC)c1. The molecule has 7 nitrogen and oxygen atoms in total. The van der Waals surface area contributed by atoms with E-state index in [0.717, 1.165) is 0 Å². The number of rotatable bonds is 7. The van der Waals surface area contributed by atoms with Gasteiger partial charge in [-0.15, -0.1) is 0 Å². The maximum absolute atomic E-state index is 12.3. The predicted molar refractivity (Wildman–Crippen MR) is 86.2 cm³/mol. The Kier molecular flexibility index (Phi) is 5.46. The van der Waals surface area contributed by atoms with Gasteiger partial charge in [-0.3, -0.25) is 9.59 Å². The fourth-order valence-electron chi connectivity index (χ4n) is 2.80. The van der Waals surface area contributed by atoms with E-state index < -0.39 is 17.7 Å². The first-order valence-corrected chi connectivity index (χ1v) is 7.42. The molecule has 1 aliphatic heterocycles. The lowest BCUT2D eigenvalue weighted by Crippen LogP contribution is -2.33. The second kappa shape index (κ2) is 7.35. The van der Waals surface area contributed by atoms with Crippen LogP contribution in [0.25, 0.3) is 0 Å². The lowest BCUT2D eigenvalue weighted by atomic mass is 9.96. The molecule has 1 N–H and O–H groups in total. The van der Waals surface area contributed by atoms with Crippen LogP contribution in [0.4, 0.5) is 0 Å². The second-order valence-corrected chi connectivity index (χ2v) is 5.33. The summed E-state index contributed by atoms with van der Waals surface area (Å²) in [6.07, 6.45) is 0. The van der Waals surface area contributed by atoms with Crippen LogP contribution in [0.5, 0.6) is 11.5 Å². The largest absolute Gasteiger partial charge is 0.503 e. The minimum absolute atomic E-state index is 0.0725. The van der Waals surface area contributed by atoms with Crippen LogP contribution in [-0.4, -0.2) is 56.2 Å². The van der Waals surface area contributed by atoms with Crippen molar-refractivity contribution in [2.24, 2.45) is 0 Å². The summed E-state index contributed by atoms with van der Waals surface area (Å²) < 4.78 is 15.5. The van der Waals surface area contributed by atoms with Crippen molar-refractivity contribution in [2.75, 3.05) is 34.5 Å². The molecular weight excluding hydrogens is 314 g/mol. The highest BCUT2D eigenvalue weighted by molar-refractivity contribution is 6.08. The fourth-order valence-corrected chi connectivity index (χ4v) is 2.80. The van der Waals surface area contributed by atoms with Crippen LogP contribution in [0.2, 0.25) is 0 Å². The molecule has 0 bridgehead atoms. The molecule has 1 atom stereocenters. The molecule has 0 saturated carbocycles. The molecule has 7 heteroatoms. The van der Waals surface area contributed by atoms with Crippen molar-refractivity contribution in [3.63, 3.8) is 0 Å². The Morgan fingerprint density at radius 3 is 2.42 bits per heavy atom. The van der Waals surface area contributed by atoms with Crippen molar-refractivity contribution in [1.82, 2.24) is 4.90 Å². The molecule has 1 aliphatic rings. The van der Waals surface area contributed by atoms with E-state index in [1.807, 2.05) is 0 Å². The number of aliphatic hydroxyl groups excluding tert-OH is 1. The molecule has 1 aromatic rings. The molecular formula is C17H21NO6. The Morgan fingerprint density at radius 1 is 1.21 bits per heavy atom. The molecule has 1 heterocycles. The molecule has 1 aromatic carbocycles. The maximum Gasteiger partial charge on any atom is 0.290 e.